The molecule has 2 aromatic heterocycles. The molecule has 2 aromatic carbocycles. The first-order chi connectivity index (χ1) is 20.5. The summed E-state index contributed by atoms with van der Waals surface area (Å²) in [5, 5.41) is 59.9. The Morgan fingerprint density at radius 2 is 1.12 bits per heavy atom. The van der Waals surface area contributed by atoms with E-state index in [-0.39, 0.29) is 47.4 Å². The molecule has 0 unspecified atom stereocenters. The SMILES string of the molecule is COC(=O)CCC(c1c(O)cc(C=Cc2ccc(O)c(O)c2)oc1=O)c1c(O)cc(C=Cc2ccc(O)c(O)c2)oc1=O. The van der Waals surface area contributed by atoms with E-state index in [1.165, 1.54) is 60.7 Å². The fourth-order valence-corrected chi connectivity index (χ4v) is 4.27. The summed E-state index contributed by atoms with van der Waals surface area (Å²) in [7, 11) is 1.15. The summed E-state index contributed by atoms with van der Waals surface area (Å²) in [6, 6.07) is 10.2. The number of hydrogen-bond acceptors (Lipinski definition) is 12. The minimum absolute atomic E-state index is 0.0949. The fourth-order valence-electron chi connectivity index (χ4n) is 4.27. The zero-order valence-electron chi connectivity index (χ0n) is 22.6. The Hall–Kier alpha value is -5.91. The number of phenolic OH excluding ortho intramolecular Hbond substituents is 4. The Balaban J connectivity index is 1.71. The third-order valence-electron chi connectivity index (χ3n) is 6.41. The van der Waals surface area contributed by atoms with Gasteiger partial charge in [-0.05, 0) is 54.0 Å². The predicted molar refractivity (Wildman–Crippen MR) is 154 cm³/mol. The van der Waals surface area contributed by atoms with Crippen molar-refractivity contribution < 1.29 is 49.0 Å². The van der Waals surface area contributed by atoms with Crippen molar-refractivity contribution in [3.63, 3.8) is 0 Å². The van der Waals surface area contributed by atoms with Crippen molar-refractivity contribution in [3.8, 4) is 34.5 Å². The number of carbonyl (C=O) groups excluding carboxylic acids is 1. The average molecular weight is 591 g/mol. The fraction of sp³-hybridized carbons (Fsp3) is 0.129. The zero-order chi connectivity index (χ0) is 31.3. The molecular formula is C31H26O12. The van der Waals surface area contributed by atoms with Gasteiger partial charge in [-0.2, -0.15) is 0 Å². The first-order valence-corrected chi connectivity index (χ1v) is 12.7. The molecule has 0 amide bonds. The second-order valence-corrected chi connectivity index (χ2v) is 9.30. The summed E-state index contributed by atoms with van der Waals surface area (Å²) in [6.07, 6.45) is 4.99. The summed E-state index contributed by atoms with van der Waals surface area (Å²) < 4.78 is 15.3. The molecule has 12 heteroatoms. The van der Waals surface area contributed by atoms with Gasteiger partial charge in [-0.1, -0.05) is 24.3 Å². The molecule has 6 N–H and O–H groups in total. The standard InChI is InChI=1S/C31H26O12/c1-41-27(38)11-8-20(28-25(36)14-18(42-30(28)39)6-2-16-4-9-21(32)23(34)12-16)29-26(37)15-19(43-31(29)40)7-3-17-5-10-22(33)24(35)13-17/h2-7,9-10,12-15,20,32-37H,8,11H2,1H3. The number of phenols is 4. The van der Waals surface area contributed by atoms with Crippen LogP contribution in [0.5, 0.6) is 34.5 Å². The zero-order valence-corrected chi connectivity index (χ0v) is 22.6. The lowest BCUT2D eigenvalue weighted by Crippen LogP contribution is -2.21. The lowest BCUT2D eigenvalue weighted by atomic mass is 9.88. The molecular weight excluding hydrogens is 564 g/mol. The number of rotatable bonds is 9. The Morgan fingerprint density at radius 1 is 0.674 bits per heavy atom. The van der Waals surface area contributed by atoms with E-state index in [0.717, 1.165) is 19.2 Å². The van der Waals surface area contributed by atoms with Gasteiger partial charge in [0, 0.05) is 24.5 Å². The molecule has 43 heavy (non-hydrogen) atoms. The van der Waals surface area contributed by atoms with Crippen LogP contribution < -0.4 is 11.3 Å². The van der Waals surface area contributed by atoms with Crippen LogP contribution in [0.1, 0.15) is 52.5 Å². The van der Waals surface area contributed by atoms with E-state index in [9.17, 15) is 45.0 Å². The highest BCUT2D eigenvalue weighted by Gasteiger charge is 2.30. The maximum atomic E-state index is 13.1. The predicted octanol–water partition coefficient (Wildman–Crippen LogP) is 4.25. The van der Waals surface area contributed by atoms with Crippen LogP contribution in [0.25, 0.3) is 24.3 Å². The molecule has 0 radical (unpaired) electrons. The van der Waals surface area contributed by atoms with Gasteiger partial charge >= 0.3 is 17.2 Å². The van der Waals surface area contributed by atoms with Gasteiger partial charge in [0.2, 0.25) is 0 Å². The van der Waals surface area contributed by atoms with Crippen molar-refractivity contribution in [1.29, 1.82) is 0 Å². The van der Waals surface area contributed by atoms with E-state index in [0.29, 0.717) is 11.1 Å². The lowest BCUT2D eigenvalue weighted by Gasteiger charge is -2.17. The molecule has 4 rings (SSSR count). The van der Waals surface area contributed by atoms with E-state index in [1.807, 2.05) is 0 Å². The quantitative estimate of drug-likeness (QED) is 0.119. The minimum Gasteiger partial charge on any atom is -0.507 e. The molecule has 0 bridgehead atoms. The Bertz CT molecular complexity index is 1720. The van der Waals surface area contributed by atoms with Crippen LogP contribution in [-0.4, -0.2) is 43.7 Å². The van der Waals surface area contributed by atoms with Crippen molar-refractivity contribution in [2.45, 2.75) is 18.8 Å². The normalized spacial score (nSPS) is 12.1. The molecule has 0 fully saturated rings. The van der Waals surface area contributed by atoms with Crippen LogP contribution in [0.3, 0.4) is 0 Å². The van der Waals surface area contributed by atoms with E-state index >= 15 is 0 Å². The molecule has 4 aromatic rings. The van der Waals surface area contributed by atoms with Crippen molar-refractivity contribution in [2.75, 3.05) is 7.11 Å². The highest BCUT2D eigenvalue weighted by atomic mass is 16.5. The van der Waals surface area contributed by atoms with E-state index in [4.69, 9.17) is 8.83 Å². The number of esters is 1. The Labute approximate surface area is 242 Å². The maximum Gasteiger partial charge on any atom is 0.343 e. The number of benzene rings is 2. The number of methoxy groups -OCH3 is 1. The van der Waals surface area contributed by atoms with Crippen molar-refractivity contribution >= 4 is 30.3 Å². The topological polar surface area (TPSA) is 208 Å². The van der Waals surface area contributed by atoms with Gasteiger partial charge in [0.05, 0.1) is 18.2 Å². The third-order valence-corrected chi connectivity index (χ3v) is 6.41. The molecule has 0 atom stereocenters. The van der Waals surface area contributed by atoms with Gasteiger partial charge < -0.3 is 44.2 Å². The highest BCUT2D eigenvalue weighted by molar-refractivity contribution is 5.71. The van der Waals surface area contributed by atoms with Crippen molar-refractivity contribution in [2.24, 2.45) is 0 Å². The average Bonchev–Trinajstić information content (AvgIpc) is 2.95. The van der Waals surface area contributed by atoms with Gasteiger partial charge in [-0.25, -0.2) is 9.59 Å². The number of hydrogen-bond donors (Lipinski definition) is 6. The van der Waals surface area contributed by atoms with Crippen LogP contribution >= 0.6 is 0 Å². The van der Waals surface area contributed by atoms with Gasteiger partial charge in [0.15, 0.2) is 23.0 Å². The molecule has 0 spiro atoms. The Morgan fingerprint density at radius 3 is 1.49 bits per heavy atom. The van der Waals surface area contributed by atoms with Crippen LogP contribution in [0.15, 0.2) is 67.0 Å². The lowest BCUT2D eigenvalue weighted by molar-refractivity contribution is -0.140. The Kier molecular flexibility index (Phi) is 8.90. The summed E-state index contributed by atoms with van der Waals surface area (Å²) in [5.41, 5.74) is -2.05. The smallest absolute Gasteiger partial charge is 0.343 e. The van der Waals surface area contributed by atoms with Gasteiger partial charge in [-0.3, -0.25) is 4.79 Å². The molecule has 2 heterocycles. The number of carbonyl (C=O) groups is 1. The summed E-state index contributed by atoms with van der Waals surface area (Å²) in [4.78, 5) is 38.1. The molecule has 12 nitrogen and oxygen atoms in total. The molecule has 0 saturated heterocycles. The molecule has 222 valence electrons. The van der Waals surface area contributed by atoms with Gasteiger partial charge in [0.1, 0.15) is 23.0 Å². The first-order valence-electron chi connectivity index (χ1n) is 12.7. The first kappa shape index (κ1) is 30.1. The van der Waals surface area contributed by atoms with E-state index in [2.05, 4.69) is 4.74 Å². The second kappa shape index (κ2) is 12.7. The molecule has 0 aliphatic rings. The van der Waals surface area contributed by atoms with Gasteiger partial charge in [-0.15, -0.1) is 0 Å². The monoisotopic (exact) mass is 590 g/mol. The summed E-state index contributed by atoms with van der Waals surface area (Å²) >= 11 is 0. The minimum atomic E-state index is -1.34. The van der Waals surface area contributed by atoms with E-state index < -0.39 is 45.8 Å². The summed E-state index contributed by atoms with van der Waals surface area (Å²) in [6.45, 7) is 0. The van der Waals surface area contributed by atoms with Crippen LogP contribution in [-0.2, 0) is 9.53 Å². The number of aromatic hydroxyl groups is 6. The van der Waals surface area contributed by atoms with Gasteiger partial charge in [0.25, 0.3) is 0 Å². The molecule has 0 saturated carbocycles. The molecule has 0 aliphatic carbocycles. The van der Waals surface area contributed by atoms with Crippen LogP contribution in [0.2, 0.25) is 0 Å². The van der Waals surface area contributed by atoms with Crippen molar-refractivity contribution in [3.05, 3.63) is 103 Å². The highest BCUT2D eigenvalue weighted by Crippen LogP contribution is 2.36. The third kappa shape index (κ3) is 7.06. The largest absolute Gasteiger partial charge is 0.507 e. The van der Waals surface area contributed by atoms with Crippen LogP contribution in [0.4, 0.5) is 0 Å². The summed E-state index contributed by atoms with van der Waals surface area (Å²) in [5.74, 6) is -4.76. The second-order valence-electron chi connectivity index (χ2n) is 9.30. The maximum absolute atomic E-state index is 13.1. The van der Waals surface area contributed by atoms with Crippen LogP contribution in [0, 0.1) is 0 Å². The van der Waals surface area contributed by atoms with E-state index in [1.54, 1.807) is 0 Å². The van der Waals surface area contributed by atoms with Crippen molar-refractivity contribution in [1.82, 2.24) is 0 Å². The number of ether oxygens (including phenoxy) is 1. The molecule has 0 aliphatic heterocycles.